The minimum atomic E-state index is -0.161. The lowest BCUT2D eigenvalue weighted by Gasteiger charge is -2.31. The first-order valence-corrected chi connectivity index (χ1v) is 7.35. The predicted molar refractivity (Wildman–Crippen MR) is 75.9 cm³/mol. The molecule has 1 aliphatic rings. The summed E-state index contributed by atoms with van der Waals surface area (Å²) in [5.74, 6) is -0.0707. The summed E-state index contributed by atoms with van der Waals surface area (Å²) in [6.45, 7) is 3.66. The zero-order chi connectivity index (χ0) is 14.1. The Morgan fingerprint density at radius 3 is 3.25 bits per heavy atom. The van der Waals surface area contributed by atoms with Crippen molar-refractivity contribution in [2.45, 2.75) is 19.6 Å². The Morgan fingerprint density at radius 2 is 2.45 bits per heavy atom. The van der Waals surface area contributed by atoms with E-state index in [4.69, 9.17) is 4.74 Å². The fourth-order valence-corrected chi connectivity index (χ4v) is 3.02. The first kappa shape index (κ1) is 13.3. The Balaban J connectivity index is 1.80. The maximum absolute atomic E-state index is 12.2. The summed E-state index contributed by atoms with van der Waals surface area (Å²) in [5.41, 5.74) is -0.161. The van der Waals surface area contributed by atoms with E-state index in [1.54, 1.807) is 11.0 Å². The van der Waals surface area contributed by atoms with Gasteiger partial charge in [0.2, 0.25) is 5.91 Å². The Bertz CT molecular complexity index is 693. The SMILES string of the molecule is C[C@@H]1CN(C(=O)Cn2cnc3sccc3c2=O)CCO1. The standard InChI is InChI=1S/C13H15N3O3S/c1-9-6-15(3-4-19-9)11(17)7-16-8-14-12-10(13(16)18)2-5-20-12/h2,5,8-9H,3-4,6-7H2,1H3/t9-/m1/s1. The molecule has 0 aliphatic carbocycles. The molecule has 0 unspecified atom stereocenters. The van der Waals surface area contributed by atoms with E-state index >= 15 is 0 Å². The van der Waals surface area contributed by atoms with Crippen molar-refractivity contribution in [2.24, 2.45) is 0 Å². The van der Waals surface area contributed by atoms with E-state index in [0.29, 0.717) is 29.9 Å². The molecule has 3 heterocycles. The molecular weight excluding hydrogens is 278 g/mol. The van der Waals surface area contributed by atoms with Crippen LogP contribution in [0.15, 0.2) is 22.6 Å². The van der Waals surface area contributed by atoms with Crippen LogP contribution in [0.4, 0.5) is 0 Å². The van der Waals surface area contributed by atoms with Crippen molar-refractivity contribution in [3.63, 3.8) is 0 Å². The third-order valence-electron chi connectivity index (χ3n) is 3.35. The topological polar surface area (TPSA) is 64.4 Å². The van der Waals surface area contributed by atoms with Crippen molar-refractivity contribution < 1.29 is 9.53 Å². The lowest BCUT2D eigenvalue weighted by molar-refractivity contribution is -0.138. The first-order valence-electron chi connectivity index (χ1n) is 6.47. The van der Waals surface area contributed by atoms with Gasteiger partial charge < -0.3 is 9.64 Å². The number of aromatic nitrogens is 2. The highest BCUT2D eigenvalue weighted by atomic mass is 32.1. The Hall–Kier alpha value is -1.73. The van der Waals surface area contributed by atoms with Gasteiger partial charge in [-0.2, -0.15) is 0 Å². The monoisotopic (exact) mass is 293 g/mol. The normalized spacial score (nSPS) is 19.4. The van der Waals surface area contributed by atoms with E-state index in [-0.39, 0.29) is 24.1 Å². The van der Waals surface area contributed by atoms with Crippen LogP contribution in [-0.2, 0) is 16.1 Å². The fourth-order valence-electron chi connectivity index (χ4n) is 2.30. The van der Waals surface area contributed by atoms with Crippen LogP contribution in [0.25, 0.3) is 10.2 Å². The number of thiophene rings is 1. The molecule has 1 amide bonds. The highest BCUT2D eigenvalue weighted by Gasteiger charge is 2.22. The number of nitrogens with zero attached hydrogens (tertiary/aromatic N) is 3. The van der Waals surface area contributed by atoms with Gasteiger partial charge in [-0.15, -0.1) is 11.3 Å². The van der Waals surface area contributed by atoms with Gasteiger partial charge in [-0.05, 0) is 18.4 Å². The first-order chi connectivity index (χ1) is 9.65. The number of amides is 1. The van der Waals surface area contributed by atoms with Crippen molar-refractivity contribution in [2.75, 3.05) is 19.7 Å². The van der Waals surface area contributed by atoms with Gasteiger partial charge in [0.15, 0.2) is 0 Å². The molecule has 20 heavy (non-hydrogen) atoms. The van der Waals surface area contributed by atoms with Gasteiger partial charge in [0.05, 0.1) is 24.4 Å². The van der Waals surface area contributed by atoms with E-state index in [1.165, 1.54) is 22.2 Å². The van der Waals surface area contributed by atoms with Crippen molar-refractivity contribution in [1.29, 1.82) is 0 Å². The van der Waals surface area contributed by atoms with Gasteiger partial charge in [0.1, 0.15) is 11.4 Å². The number of carbonyl (C=O) groups is 1. The molecule has 106 valence electrons. The van der Waals surface area contributed by atoms with Crippen molar-refractivity contribution in [3.05, 3.63) is 28.1 Å². The van der Waals surface area contributed by atoms with E-state index in [9.17, 15) is 9.59 Å². The summed E-state index contributed by atoms with van der Waals surface area (Å²) in [6.07, 6.45) is 1.49. The molecule has 2 aromatic rings. The Morgan fingerprint density at radius 1 is 1.60 bits per heavy atom. The van der Waals surface area contributed by atoms with Crippen LogP contribution in [0.2, 0.25) is 0 Å². The van der Waals surface area contributed by atoms with Crippen molar-refractivity contribution in [1.82, 2.24) is 14.5 Å². The van der Waals surface area contributed by atoms with Gasteiger partial charge in [0.25, 0.3) is 5.56 Å². The van der Waals surface area contributed by atoms with Gasteiger partial charge in [-0.25, -0.2) is 4.98 Å². The summed E-state index contributed by atoms with van der Waals surface area (Å²) in [5, 5.41) is 2.40. The van der Waals surface area contributed by atoms with Gasteiger partial charge in [-0.1, -0.05) is 0 Å². The summed E-state index contributed by atoms with van der Waals surface area (Å²) < 4.78 is 6.78. The number of ether oxygens (including phenoxy) is 1. The maximum atomic E-state index is 12.2. The fraction of sp³-hybridized carbons (Fsp3) is 0.462. The lowest BCUT2D eigenvalue weighted by Crippen LogP contribution is -2.46. The molecule has 3 rings (SSSR count). The van der Waals surface area contributed by atoms with E-state index in [1.807, 2.05) is 12.3 Å². The van der Waals surface area contributed by atoms with Crippen molar-refractivity contribution in [3.8, 4) is 0 Å². The molecule has 2 aromatic heterocycles. The highest BCUT2D eigenvalue weighted by molar-refractivity contribution is 7.16. The van der Waals surface area contributed by atoms with E-state index in [0.717, 1.165) is 0 Å². The second-order valence-electron chi connectivity index (χ2n) is 4.84. The van der Waals surface area contributed by atoms with Crippen molar-refractivity contribution >= 4 is 27.5 Å². The predicted octanol–water partition coefficient (Wildman–Crippen LogP) is 0.705. The summed E-state index contributed by atoms with van der Waals surface area (Å²) >= 11 is 1.42. The summed E-state index contributed by atoms with van der Waals surface area (Å²) in [6, 6.07) is 1.74. The van der Waals surface area contributed by atoms with Crippen LogP contribution in [0.3, 0.4) is 0 Å². The van der Waals surface area contributed by atoms with Gasteiger partial charge in [0, 0.05) is 13.1 Å². The molecule has 7 heteroatoms. The highest BCUT2D eigenvalue weighted by Crippen LogP contribution is 2.13. The third kappa shape index (κ3) is 2.46. The minimum Gasteiger partial charge on any atom is -0.375 e. The molecule has 1 atom stereocenters. The number of hydrogen-bond donors (Lipinski definition) is 0. The molecular formula is C13H15N3O3S. The molecule has 0 saturated carbocycles. The molecule has 0 bridgehead atoms. The smallest absolute Gasteiger partial charge is 0.262 e. The number of fused-ring (bicyclic) bond motifs is 1. The summed E-state index contributed by atoms with van der Waals surface area (Å²) in [4.78, 5) is 31.1. The molecule has 0 spiro atoms. The lowest BCUT2D eigenvalue weighted by atomic mass is 10.3. The average Bonchev–Trinajstić information content (AvgIpc) is 2.91. The van der Waals surface area contributed by atoms with Crippen LogP contribution >= 0.6 is 11.3 Å². The maximum Gasteiger partial charge on any atom is 0.262 e. The molecule has 6 nitrogen and oxygen atoms in total. The van der Waals surface area contributed by atoms with Gasteiger partial charge >= 0.3 is 0 Å². The molecule has 0 aromatic carbocycles. The second kappa shape index (κ2) is 5.34. The second-order valence-corrected chi connectivity index (χ2v) is 5.73. The van der Waals surface area contributed by atoms with Crippen LogP contribution < -0.4 is 5.56 Å². The number of rotatable bonds is 2. The minimum absolute atomic E-state index is 0.0321. The number of morpholine rings is 1. The zero-order valence-electron chi connectivity index (χ0n) is 11.1. The quantitative estimate of drug-likeness (QED) is 0.818. The Labute approximate surface area is 119 Å². The molecule has 1 fully saturated rings. The number of carbonyl (C=O) groups excluding carboxylic acids is 1. The Kier molecular flexibility index (Phi) is 3.54. The third-order valence-corrected chi connectivity index (χ3v) is 4.17. The summed E-state index contributed by atoms with van der Waals surface area (Å²) in [7, 11) is 0. The average molecular weight is 293 g/mol. The van der Waals surface area contributed by atoms with Gasteiger partial charge in [-0.3, -0.25) is 14.2 Å². The largest absolute Gasteiger partial charge is 0.375 e. The van der Waals surface area contributed by atoms with E-state index < -0.39 is 0 Å². The van der Waals surface area contributed by atoms with Crippen LogP contribution in [-0.4, -0.2) is 46.2 Å². The molecule has 1 saturated heterocycles. The molecule has 1 aliphatic heterocycles. The molecule has 0 N–H and O–H groups in total. The van der Waals surface area contributed by atoms with Crippen LogP contribution in [0.1, 0.15) is 6.92 Å². The van der Waals surface area contributed by atoms with Crippen LogP contribution in [0.5, 0.6) is 0 Å². The zero-order valence-corrected chi connectivity index (χ0v) is 11.9. The number of hydrogen-bond acceptors (Lipinski definition) is 5. The molecule has 0 radical (unpaired) electrons. The van der Waals surface area contributed by atoms with Crippen LogP contribution in [0, 0.1) is 0 Å². The van der Waals surface area contributed by atoms with E-state index in [2.05, 4.69) is 4.98 Å².